The molecule has 1 saturated heterocycles. The maximum atomic E-state index is 13.4. The van der Waals surface area contributed by atoms with E-state index in [9.17, 15) is 9.18 Å². The second-order valence-corrected chi connectivity index (χ2v) is 8.45. The van der Waals surface area contributed by atoms with E-state index < -0.39 is 0 Å². The zero-order valence-electron chi connectivity index (χ0n) is 19.2. The van der Waals surface area contributed by atoms with Crippen molar-refractivity contribution in [3.8, 4) is 5.75 Å². The van der Waals surface area contributed by atoms with Crippen LogP contribution in [0.2, 0.25) is 0 Å². The van der Waals surface area contributed by atoms with Crippen LogP contribution >= 0.6 is 24.0 Å². The summed E-state index contributed by atoms with van der Waals surface area (Å²) in [6.07, 6.45) is 2.43. The van der Waals surface area contributed by atoms with Crippen LogP contribution in [0.25, 0.3) is 0 Å². The van der Waals surface area contributed by atoms with Crippen molar-refractivity contribution < 1.29 is 13.9 Å². The van der Waals surface area contributed by atoms with Crippen LogP contribution in [0.3, 0.4) is 0 Å². The first-order valence-corrected chi connectivity index (χ1v) is 11.3. The predicted octanol–water partition coefficient (Wildman–Crippen LogP) is 4.40. The molecular formula is C25H32FIN4O2. The van der Waals surface area contributed by atoms with Crippen LogP contribution in [0.5, 0.6) is 5.75 Å². The maximum Gasteiger partial charge on any atom is 0.222 e. The number of fused-ring (bicyclic) bond motifs is 1. The Morgan fingerprint density at radius 3 is 2.82 bits per heavy atom. The molecule has 2 aliphatic rings. The molecule has 2 unspecified atom stereocenters. The molecule has 2 aliphatic heterocycles. The molecular weight excluding hydrogens is 534 g/mol. The zero-order valence-corrected chi connectivity index (χ0v) is 21.5. The Kier molecular flexibility index (Phi) is 8.94. The first-order chi connectivity index (χ1) is 15.5. The highest BCUT2D eigenvalue weighted by molar-refractivity contribution is 14.0. The van der Waals surface area contributed by atoms with E-state index >= 15 is 0 Å². The monoisotopic (exact) mass is 566 g/mol. The molecule has 33 heavy (non-hydrogen) atoms. The Hall–Kier alpha value is -2.36. The molecule has 0 radical (unpaired) electrons. The summed E-state index contributed by atoms with van der Waals surface area (Å²) in [4.78, 5) is 20.7. The number of para-hydroxylation sites is 1. The molecule has 1 amide bonds. The van der Waals surface area contributed by atoms with E-state index in [0.29, 0.717) is 24.6 Å². The van der Waals surface area contributed by atoms with Gasteiger partial charge in [-0.1, -0.05) is 24.3 Å². The fourth-order valence-electron chi connectivity index (χ4n) is 4.54. The lowest BCUT2D eigenvalue weighted by atomic mass is 9.98. The first kappa shape index (κ1) is 25.3. The van der Waals surface area contributed by atoms with E-state index in [1.807, 2.05) is 17.9 Å². The highest BCUT2D eigenvalue weighted by Crippen LogP contribution is 2.38. The number of carbonyl (C=O) groups is 1. The van der Waals surface area contributed by atoms with Crippen molar-refractivity contribution in [1.82, 2.24) is 10.2 Å². The van der Waals surface area contributed by atoms with Crippen molar-refractivity contribution in [3.63, 3.8) is 0 Å². The van der Waals surface area contributed by atoms with Gasteiger partial charge in [-0.05, 0) is 43.5 Å². The van der Waals surface area contributed by atoms with E-state index in [0.717, 1.165) is 44.1 Å². The van der Waals surface area contributed by atoms with Gasteiger partial charge in [0.15, 0.2) is 5.96 Å². The predicted molar refractivity (Wildman–Crippen MR) is 140 cm³/mol. The lowest BCUT2D eigenvalue weighted by Gasteiger charge is -2.25. The van der Waals surface area contributed by atoms with Crippen molar-refractivity contribution >= 4 is 41.5 Å². The number of likely N-dealkylation sites (tertiary alicyclic amines) is 1. The topological polar surface area (TPSA) is 57.2 Å². The third-order valence-corrected chi connectivity index (χ3v) is 6.14. The van der Waals surface area contributed by atoms with Crippen molar-refractivity contribution in [3.05, 3.63) is 59.9 Å². The Labute approximate surface area is 212 Å². The number of anilines is 1. The molecule has 0 spiro atoms. The minimum Gasteiger partial charge on any atom is -0.489 e. The number of nitrogens with zero attached hydrogens (tertiary/aromatic N) is 3. The summed E-state index contributed by atoms with van der Waals surface area (Å²) in [6, 6.07) is 14.6. The summed E-state index contributed by atoms with van der Waals surface area (Å²) in [6.45, 7) is 4.98. The van der Waals surface area contributed by atoms with E-state index in [1.165, 1.54) is 17.7 Å². The van der Waals surface area contributed by atoms with Gasteiger partial charge in [0.1, 0.15) is 17.7 Å². The van der Waals surface area contributed by atoms with E-state index in [1.54, 1.807) is 19.2 Å². The molecule has 8 heteroatoms. The number of hydrogen-bond acceptors (Lipinski definition) is 3. The fourth-order valence-corrected chi connectivity index (χ4v) is 4.54. The second-order valence-electron chi connectivity index (χ2n) is 8.45. The van der Waals surface area contributed by atoms with Crippen LogP contribution < -0.4 is 15.0 Å². The molecule has 178 valence electrons. The summed E-state index contributed by atoms with van der Waals surface area (Å²) in [5, 5.41) is 3.40. The number of halogens is 2. The normalized spacial score (nSPS) is 18.7. The first-order valence-electron chi connectivity index (χ1n) is 11.3. The van der Waals surface area contributed by atoms with Gasteiger partial charge >= 0.3 is 0 Å². The largest absolute Gasteiger partial charge is 0.489 e. The van der Waals surface area contributed by atoms with Gasteiger partial charge in [-0.3, -0.25) is 9.79 Å². The number of carbonyl (C=O) groups excluding carboxylic acids is 1. The SMILES string of the molecule is CN=C(NCC(C)Oc1cccc(F)c1)N1CC(CCN2CCCC2=O)c2ccccc21.I. The molecule has 6 nitrogen and oxygen atoms in total. The number of nitrogens with one attached hydrogen (secondary N) is 1. The molecule has 2 atom stereocenters. The van der Waals surface area contributed by atoms with Crippen LogP contribution in [-0.2, 0) is 4.79 Å². The van der Waals surface area contributed by atoms with Crippen molar-refractivity contribution in [2.45, 2.75) is 38.2 Å². The number of aliphatic imine (C=N–C) groups is 1. The van der Waals surface area contributed by atoms with Crippen molar-refractivity contribution in [2.75, 3.05) is 38.1 Å². The lowest BCUT2D eigenvalue weighted by molar-refractivity contribution is -0.127. The molecule has 0 bridgehead atoms. The van der Waals surface area contributed by atoms with E-state index in [4.69, 9.17) is 4.74 Å². The number of ether oxygens (including phenoxy) is 1. The molecule has 1 fully saturated rings. The van der Waals surface area contributed by atoms with Crippen LogP contribution in [0.15, 0.2) is 53.5 Å². The molecule has 2 aromatic rings. The Morgan fingerprint density at radius 2 is 2.09 bits per heavy atom. The third kappa shape index (κ3) is 6.16. The van der Waals surface area contributed by atoms with Gasteiger partial charge in [0.25, 0.3) is 0 Å². The molecule has 4 rings (SSSR count). The average molecular weight is 566 g/mol. The summed E-state index contributed by atoms with van der Waals surface area (Å²) >= 11 is 0. The minimum absolute atomic E-state index is 0. The Morgan fingerprint density at radius 1 is 1.27 bits per heavy atom. The standard InChI is InChI=1S/C25H31FN4O2.HI/c1-18(32-21-8-5-7-20(26)15-21)16-28-25(27-2)30-17-19(22-9-3-4-10-23(22)30)12-14-29-13-6-11-24(29)31;/h3-5,7-10,15,18-19H,6,11-14,16-17H2,1-2H3,(H,27,28);1H. The molecule has 1 N–H and O–H groups in total. The van der Waals surface area contributed by atoms with Crippen LogP contribution in [0.4, 0.5) is 10.1 Å². The highest BCUT2D eigenvalue weighted by atomic mass is 127. The number of amides is 1. The zero-order chi connectivity index (χ0) is 22.5. The summed E-state index contributed by atoms with van der Waals surface area (Å²) in [5.41, 5.74) is 2.45. The van der Waals surface area contributed by atoms with E-state index in [-0.39, 0.29) is 41.8 Å². The molecule has 0 saturated carbocycles. The van der Waals surface area contributed by atoms with Gasteiger partial charge in [0.2, 0.25) is 5.91 Å². The van der Waals surface area contributed by atoms with Gasteiger partial charge in [0, 0.05) is 50.8 Å². The number of guanidine groups is 1. The third-order valence-electron chi connectivity index (χ3n) is 6.14. The molecule has 2 aromatic carbocycles. The second kappa shape index (κ2) is 11.7. The highest BCUT2D eigenvalue weighted by Gasteiger charge is 2.32. The minimum atomic E-state index is -0.311. The Bertz CT molecular complexity index is 986. The van der Waals surface area contributed by atoms with Crippen molar-refractivity contribution in [1.29, 1.82) is 0 Å². The average Bonchev–Trinajstić information content (AvgIpc) is 3.36. The van der Waals surface area contributed by atoms with Gasteiger partial charge in [-0.15, -0.1) is 24.0 Å². The van der Waals surface area contributed by atoms with Crippen LogP contribution in [0, 0.1) is 5.82 Å². The van der Waals surface area contributed by atoms with Gasteiger partial charge in [-0.2, -0.15) is 0 Å². The smallest absolute Gasteiger partial charge is 0.222 e. The maximum absolute atomic E-state index is 13.4. The van der Waals surface area contributed by atoms with Crippen LogP contribution in [-0.4, -0.2) is 56.1 Å². The fraction of sp³-hybridized carbons (Fsp3) is 0.440. The van der Waals surface area contributed by atoms with Crippen molar-refractivity contribution in [2.24, 2.45) is 4.99 Å². The summed E-state index contributed by atoms with van der Waals surface area (Å²) in [5.74, 6) is 1.61. The molecule has 2 heterocycles. The van der Waals surface area contributed by atoms with Crippen LogP contribution in [0.1, 0.15) is 37.7 Å². The lowest BCUT2D eigenvalue weighted by Crippen LogP contribution is -2.44. The molecule has 0 aliphatic carbocycles. The summed E-state index contributed by atoms with van der Waals surface area (Å²) in [7, 11) is 1.78. The molecule has 0 aromatic heterocycles. The van der Waals surface area contributed by atoms with E-state index in [2.05, 4.69) is 33.4 Å². The Balaban J connectivity index is 0.00000306. The number of rotatable bonds is 7. The van der Waals surface area contributed by atoms with Gasteiger partial charge in [0.05, 0.1) is 6.54 Å². The number of benzene rings is 2. The van der Waals surface area contributed by atoms with Gasteiger partial charge < -0.3 is 19.9 Å². The summed E-state index contributed by atoms with van der Waals surface area (Å²) < 4.78 is 19.2. The number of hydrogen-bond donors (Lipinski definition) is 1. The van der Waals surface area contributed by atoms with Gasteiger partial charge in [-0.25, -0.2) is 4.39 Å². The quantitative estimate of drug-likeness (QED) is 0.307.